The first-order chi connectivity index (χ1) is 12.8. The Labute approximate surface area is 156 Å². The monoisotopic (exact) mass is 390 g/mol. The van der Waals surface area contributed by atoms with Crippen molar-refractivity contribution < 1.29 is 32.2 Å². The maximum Gasteiger partial charge on any atom is 0.433 e. The first kappa shape index (κ1) is 21.2. The van der Waals surface area contributed by atoms with Gasteiger partial charge in [-0.05, 0) is 39.0 Å². The van der Waals surface area contributed by atoms with Crippen molar-refractivity contribution in [2.75, 3.05) is 13.2 Å². The Morgan fingerprint density at radius 1 is 1.19 bits per heavy atom. The van der Waals surface area contributed by atoms with Crippen LogP contribution in [0.2, 0.25) is 0 Å². The van der Waals surface area contributed by atoms with Crippen LogP contribution in [0.4, 0.5) is 13.2 Å². The quantitative estimate of drug-likeness (QED) is 0.517. The largest absolute Gasteiger partial charge is 0.466 e. The van der Waals surface area contributed by atoms with Crippen LogP contribution >= 0.6 is 0 Å². The van der Waals surface area contributed by atoms with Gasteiger partial charge in [0, 0.05) is 0 Å². The Balaban J connectivity index is 2.16. The second-order valence-corrected chi connectivity index (χ2v) is 6.60. The fourth-order valence-electron chi connectivity index (χ4n) is 3.27. The number of aromatic nitrogens is 2. The molecular weight excluding hydrogens is 365 g/mol. The van der Waals surface area contributed by atoms with Gasteiger partial charge >= 0.3 is 18.1 Å². The normalized spacial score (nSPS) is 20.3. The van der Waals surface area contributed by atoms with E-state index < -0.39 is 29.4 Å². The van der Waals surface area contributed by atoms with E-state index in [4.69, 9.17) is 9.47 Å². The third-order valence-electron chi connectivity index (χ3n) is 4.68. The molecule has 1 aliphatic carbocycles. The van der Waals surface area contributed by atoms with Gasteiger partial charge in [-0.1, -0.05) is 13.3 Å². The molecule has 0 N–H and O–H groups in total. The Morgan fingerprint density at radius 3 is 2.41 bits per heavy atom. The fourth-order valence-corrected chi connectivity index (χ4v) is 3.27. The molecule has 0 aromatic carbocycles. The van der Waals surface area contributed by atoms with Gasteiger partial charge in [-0.15, -0.1) is 0 Å². The summed E-state index contributed by atoms with van der Waals surface area (Å²) in [4.78, 5) is 23.9. The summed E-state index contributed by atoms with van der Waals surface area (Å²) in [5.41, 5.74) is -1.64. The summed E-state index contributed by atoms with van der Waals surface area (Å²) in [7, 11) is 0. The van der Waals surface area contributed by atoms with Gasteiger partial charge in [0.15, 0.2) is 5.69 Å². The van der Waals surface area contributed by atoms with Crippen molar-refractivity contribution in [2.45, 2.75) is 64.6 Å². The lowest BCUT2D eigenvalue weighted by molar-refractivity contribution is -0.151. The van der Waals surface area contributed by atoms with Crippen molar-refractivity contribution in [1.82, 2.24) is 9.78 Å². The molecule has 1 fully saturated rings. The molecule has 2 rings (SSSR count). The van der Waals surface area contributed by atoms with E-state index in [1.54, 1.807) is 6.92 Å². The predicted octanol–water partition coefficient (Wildman–Crippen LogP) is 4.15. The molecular formula is C18H25F3N2O4. The smallest absolute Gasteiger partial charge is 0.433 e. The van der Waals surface area contributed by atoms with Gasteiger partial charge in [-0.2, -0.15) is 18.3 Å². The molecule has 0 bridgehead atoms. The van der Waals surface area contributed by atoms with Crippen LogP contribution in [0.3, 0.4) is 0 Å². The Hall–Kier alpha value is -2.06. The van der Waals surface area contributed by atoms with Crippen LogP contribution in [-0.4, -0.2) is 34.9 Å². The van der Waals surface area contributed by atoms with E-state index in [1.807, 2.05) is 6.92 Å². The van der Waals surface area contributed by atoms with Crippen LogP contribution in [0.15, 0.2) is 6.20 Å². The minimum Gasteiger partial charge on any atom is -0.466 e. The molecule has 152 valence electrons. The van der Waals surface area contributed by atoms with Crippen LogP contribution in [0, 0.1) is 5.92 Å². The summed E-state index contributed by atoms with van der Waals surface area (Å²) < 4.78 is 51.6. The predicted molar refractivity (Wildman–Crippen MR) is 90.0 cm³/mol. The maximum atomic E-state index is 13.6. The average Bonchev–Trinajstić information content (AvgIpc) is 3.08. The van der Waals surface area contributed by atoms with Crippen molar-refractivity contribution in [1.29, 1.82) is 0 Å². The minimum absolute atomic E-state index is 0.0719. The molecule has 0 unspecified atom stereocenters. The molecule has 0 aliphatic heterocycles. The van der Waals surface area contributed by atoms with E-state index in [0.29, 0.717) is 32.1 Å². The summed E-state index contributed by atoms with van der Waals surface area (Å²) in [5.74, 6) is -1.63. The number of hydrogen-bond acceptors (Lipinski definition) is 5. The van der Waals surface area contributed by atoms with Gasteiger partial charge in [-0.25, -0.2) is 4.79 Å². The highest BCUT2D eigenvalue weighted by atomic mass is 19.4. The summed E-state index contributed by atoms with van der Waals surface area (Å²) in [6, 6.07) is -0.524. The number of esters is 2. The van der Waals surface area contributed by atoms with E-state index in [1.165, 1.54) is 0 Å². The summed E-state index contributed by atoms with van der Waals surface area (Å²) in [5, 5.41) is 3.84. The first-order valence-electron chi connectivity index (χ1n) is 9.28. The second-order valence-electron chi connectivity index (χ2n) is 6.60. The number of alkyl halides is 3. The van der Waals surface area contributed by atoms with Crippen LogP contribution in [0.1, 0.15) is 74.5 Å². The zero-order valence-corrected chi connectivity index (χ0v) is 15.6. The molecule has 1 heterocycles. The Kier molecular flexibility index (Phi) is 7.26. The number of carbonyl (C=O) groups is 2. The van der Waals surface area contributed by atoms with Gasteiger partial charge in [0.1, 0.15) is 5.56 Å². The van der Waals surface area contributed by atoms with Crippen molar-refractivity contribution >= 4 is 11.9 Å². The highest BCUT2D eigenvalue weighted by Gasteiger charge is 2.42. The number of nitrogens with zero attached hydrogens (tertiary/aromatic N) is 2. The number of hydrogen-bond donors (Lipinski definition) is 0. The van der Waals surface area contributed by atoms with E-state index in [0.717, 1.165) is 17.3 Å². The van der Waals surface area contributed by atoms with Crippen LogP contribution in [-0.2, 0) is 20.4 Å². The van der Waals surface area contributed by atoms with E-state index in [2.05, 4.69) is 5.10 Å². The van der Waals surface area contributed by atoms with Crippen LogP contribution in [0.5, 0.6) is 0 Å². The molecule has 9 heteroatoms. The van der Waals surface area contributed by atoms with Crippen molar-refractivity contribution in [3.05, 3.63) is 17.5 Å². The number of halogens is 3. The lowest BCUT2D eigenvalue weighted by Gasteiger charge is -2.29. The lowest BCUT2D eigenvalue weighted by Crippen LogP contribution is -2.28. The van der Waals surface area contributed by atoms with Crippen molar-refractivity contribution in [3.63, 3.8) is 0 Å². The standard InChI is InChI=1S/C18H25F3N2O4/c1-3-5-10-27-17(25)14-11-22-23(15(14)18(19,20)21)13-8-6-12(7-9-13)16(24)26-4-2/h11-13H,3-10H2,1-2H3/t12-,13-. The zero-order chi connectivity index (χ0) is 20.0. The molecule has 1 aromatic rings. The van der Waals surface area contributed by atoms with Gasteiger partial charge in [0.2, 0.25) is 0 Å². The molecule has 0 radical (unpaired) electrons. The summed E-state index contributed by atoms with van der Waals surface area (Å²) in [6.45, 7) is 3.95. The average molecular weight is 390 g/mol. The summed E-state index contributed by atoms with van der Waals surface area (Å²) >= 11 is 0. The highest BCUT2D eigenvalue weighted by Crippen LogP contribution is 2.39. The highest BCUT2D eigenvalue weighted by molar-refractivity contribution is 5.90. The van der Waals surface area contributed by atoms with E-state index in [-0.39, 0.29) is 25.1 Å². The number of carbonyl (C=O) groups excluding carboxylic acids is 2. The zero-order valence-electron chi connectivity index (χ0n) is 15.6. The molecule has 0 spiro atoms. The molecule has 0 saturated heterocycles. The Morgan fingerprint density at radius 2 is 1.85 bits per heavy atom. The molecule has 27 heavy (non-hydrogen) atoms. The van der Waals surface area contributed by atoms with E-state index >= 15 is 0 Å². The molecule has 1 aromatic heterocycles. The van der Waals surface area contributed by atoms with Crippen LogP contribution in [0.25, 0.3) is 0 Å². The van der Waals surface area contributed by atoms with Crippen molar-refractivity contribution in [2.24, 2.45) is 5.92 Å². The molecule has 0 atom stereocenters. The Bertz CT molecular complexity index is 650. The lowest BCUT2D eigenvalue weighted by atomic mass is 9.86. The molecule has 1 aliphatic rings. The van der Waals surface area contributed by atoms with Gasteiger partial charge in [0.05, 0.1) is 31.4 Å². The SMILES string of the molecule is CCCCOC(=O)c1cnn([C@H]2CC[C@H](C(=O)OCC)CC2)c1C(F)(F)F. The third kappa shape index (κ3) is 5.23. The maximum absolute atomic E-state index is 13.6. The third-order valence-corrected chi connectivity index (χ3v) is 4.68. The first-order valence-corrected chi connectivity index (χ1v) is 9.28. The van der Waals surface area contributed by atoms with Crippen LogP contribution < -0.4 is 0 Å². The molecule has 1 saturated carbocycles. The van der Waals surface area contributed by atoms with Gasteiger partial charge in [-0.3, -0.25) is 9.48 Å². The minimum atomic E-state index is -4.73. The number of ether oxygens (including phenoxy) is 2. The topological polar surface area (TPSA) is 70.4 Å². The van der Waals surface area contributed by atoms with Crippen molar-refractivity contribution in [3.8, 4) is 0 Å². The second kappa shape index (κ2) is 9.23. The molecule has 0 amide bonds. The summed E-state index contributed by atoms with van der Waals surface area (Å²) in [6.07, 6.45) is -0.880. The fraction of sp³-hybridized carbons (Fsp3) is 0.722. The van der Waals surface area contributed by atoms with Gasteiger partial charge in [0.25, 0.3) is 0 Å². The van der Waals surface area contributed by atoms with E-state index in [9.17, 15) is 22.8 Å². The molecule has 6 nitrogen and oxygen atoms in total. The number of rotatable bonds is 7. The number of unbranched alkanes of at least 4 members (excludes halogenated alkanes) is 1. The van der Waals surface area contributed by atoms with Gasteiger partial charge < -0.3 is 9.47 Å².